The van der Waals surface area contributed by atoms with Gasteiger partial charge in [-0.2, -0.15) is 4.98 Å². The first-order chi connectivity index (χ1) is 6.16. The van der Waals surface area contributed by atoms with E-state index in [0.717, 1.165) is 0 Å². The van der Waals surface area contributed by atoms with E-state index in [9.17, 15) is 8.78 Å². The van der Waals surface area contributed by atoms with Gasteiger partial charge in [-0.15, -0.1) is 0 Å². The number of hydrogen-bond acceptors (Lipinski definition) is 2. The van der Waals surface area contributed by atoms with Gasteiger partial charge < -0.3 is 4.42 Å². The number of oxazole rings is 1. The van der Waals surface area contributed by atoms with Gasteiger partial charge in [0.1, 0.15) is 5.52 Å². The van der Waals surface area contributed by atoms with Crippen molar-refractivity contribution >= 4 is 22.7 Å². The summed E-state index contributed by atoms with van der Waals surface area (Å²) in [6, 6.07) is 3.97. The van der Waals surface area contributed by atoms with Crippen LogP contribution in [0.5, 0.6) is 0 Å². The monoisotopic (exact) mass is 203 g/mol. The fourth-order valence-corrected chi connectivity index (χ4v) is 1.23. The van der Waals surface area contributed by atoms with Crippen LogP contribution in [0.15, 0.2) is 22.6 Å². The lowest BCUT2D eigenvalue weighted by atomic mass is 10.2. The molecule has 2 aromatic rings. The van der Waals surface area contributed by atoms with Crippen LogP contribution in [0.2, 0.25) is 5.35 Å². The van der Waals surface area contributed by atoms with Crippen LogP contribution in [-0.4, -0.2) is 4.98 Å². The molecule has 68 valence electrons. The zero-order chi connectivity index (χ0) is 9.42. The van der Waals surface area contributed by atoms with E-state index in [1.54, 1.807) is 0 Å². The molecule has 0 aliphatic carbocycles. The lowest BCUT2D eigenvalue weighted by Crippen LogP contribution is -1.82. The molecule has 0 N–H and O–H groups in total. The SMILES string of the molecule is FC(F)c1ccc2oc(Cl)nc2c1. The molecule has 0 fully saturated rings. The van der Waals surface area contributed by atoms with Gasteiger partial charge in [0.15, 0.2) is 5.58 Å². The summed E-state index contributed by atoms with van der Waals surface area (Å²) in [5.41, 5.74) is 0.676. The van der Waals surface area contributed by atoms with Crippen molar-refractivity contribution in [3.8, 4) is 0 Å². The highest BCUT2D eigenvalue weighted by Crippen LogP contribution is 2.25. The third-order valence-corrected chi connectivity index (χ3v) is 1.80. The first-order valence-electron chi connectivity index (χ1n) is 3.51. The lowest BCUT2D eigenvalue weighted by Gasteiger charge is -1.96. The fraction of sp³-hybridized carbons (Fsp3) is 0.125. The predicted octanol–water partition coefficient (Wildman–Crippen LogP) is 3.42. The summed E-state index contributed by atoms with van der Waals surface area (Å²) in [5, 5.41) is -0.0404. The second kappa shape index (κ2) is 2.96. The maximum atomic E-state index is 12.2. The third-order valence-electron chi connectivity index (χ3n) is 1.64. The van der Waals surface area contributed by atoms with Crippen LogP contribution in [0.25, 0.3) is 11.1 Å². The largest absolute Gasteiger partial charge is 0.428 e. The number of benzene rings is 1. The van der Waals surface area contributed by atoms with Crippen molar-refractivity contribution in [2.45, 2.75) is 6.43 Å². The van der Waals surface area contributed by atoms with E-state index in [0.29, 0.717) is 11.1 Å². The summed E-state index contributed by atoms with van der Waals surface area (Å²) in [6.07, 6.45) is -2.50. The van der Waals surface area contributed by atoms with E-state index in [4.69, 9.17) is 16.0 Å². The molecule has 1 aromatic heterocycles. The van der Waals surface area contributed by atoms with Crippen LogP contribution in [0.3, 0.4) is 0 Å². The number of rotatable bonds is 1. The molecule has 13 heavy (non-hydrogen) atoms. The van der Waals surface area contributed by atoms with E-state index in [-0.39, 0.29) is 10.9 Å². The summed E-state index contributed by atoms with van der Waals surface area (Å²) in [6.45, 7) is 0. The molecule has 0 atom stereocenters. The van der Waals surface area contributed by atoms with Crippen LogP contribution < -0.4 is 0 Å². The molecule has 0 unspecified atom stereocenters. The maximum absolute atomic E-state index is 12.2. The minimum atomic E-state index is -2.50. The van der Waals surface area contributed by atoms with Gasteiger partial charge in [0, 0.05) is 5.56 Å². The Morgan fingerprint density at radius 1 is 1.38 bits per heavy atom. The fourth-order valence-electron chi connectivity index (χ4n) is 1.05. The standard InChI is InChI=1S/C8H4ClF2NO/c9-8-12-5-3-4(7(10)11)1-2-6(5)13-8/h1-3,7H. The van der Waals surface area contributed by atoms with Gasteiger partial charge in [0.2, 0.25) is 0 Å². The van der Waals surface area contributed by atoms with Gasteiger partial charge in [-0.05, 0) is 29.8 Å². The molecule has 0 aliphatic heterocycles. The van der Waals surface area contributed by atoms with Gasteiger partial charge in [-0.1, -0.05) is 0 Å². The van der Waals surface area contributed by atoms with Crippen molar-refractivity contribution in [3.05, 3.63) is 29.1 Å². The molecule has 0 amide bonds. The number of aromatic nitrogens is 1. The van der Waals surface area contributed by atoms with Crippen molar-refractivity contribution in [1.29, 1.82) is 0 Å². The summed E-state index contributed by atoms with van der Waals surface area (Å²) in [4.78, 5) is 3.72. The molecular weight excluding hydrogens is 200 g/mol. The Morgan fingerprint density at radius 3 is 2.85 bits per heavy atom. The minimum absolute atomic E-state index is 0.0404. The van der Waals surface area contributed by atoms with E-state index in [1.165, 1.54) is 18.2 Å². The predicted molar refractivity (Wildman–Crippen MR) is 44.0 cm³/mol. The molecule has 0 radical (unpaired) electrons. The molecule has 1 heterocycles. The number of hydrogen-bond donors (Lipinski definition) is 0. The molecule has 0 bridgehead atoms. The molecule has 0 aliphatic rings. The van der Waals surface area contributed by atoms with Gasteiger partial charge in [0.05, 0.1) is 0 Å². The second-order valence-electron chi connectivity index (χ2n) is 2.49. The van der Waals surface area contributed by atoms with Gasteiger partial charge in [-0.3, -0.25) is 0 Å². The highest BCUT2D eigenvalue weighted by Gasteiger charge is 2.10. The number of halogens is 3. The van der Waals surface area contributed by atoms with E-state index >= 15 is 0 Å². The molecule has 0 spiro atoms. The Morgan fingerprint density at radius 2 is 2.15 bits per heavy atom. The number of fused-ring (bicyclic) bond motifs is 1. The van der Waals surface area contributed by atoms with E-state index in [2.05, 4.69) is 4.98 Å². The van der Waals surface area contributed by atoms with Crippen molar-refractivity contribution in [1.82, 2.24) is 4.98 Å². The summed E-state index contributed by atoms with van der Waals surface area (Å²) in [7, 11) is 0. The Bertz CT molecular complexity index is 441. The molecule has 2 rings (SSSR count). The average Bonchev–Trinajstić information content (AvgIpc) is 2.42. The molecule has 2 nitrogen and oxygen atoms in total. The zero-order valence-corrected chi connectivity index (χ0v) is 7.05. The first kappa shape index (κ1) is 8.44. The maximum Gasteiger partial charge on any atom is 0.293 e. The third kappa shape index (κ3) is 1.49. The highest BCUT2D eigenvalue weighted by molar-refractivity contribution is 6.28. The Kier molecular flexibility index (Phi) is 1.92. The molecule has 5 heteroatoms. The second-order valence-corrected chi connectivity index (χ2v) is 2.82. The zero-order valence-electron chi connectivity index (χ0n) is 6.30. The van der Waals surface area contributed by atoms with E-state index < -0.39 is 6.43 Å². The van der Waals surface area contributed by atoms with Crippen LogP contribution >= 0.6 is 11.6 Å². The summed E-state index contributed by atoms with van der Waals surface area (Å²) in [5.74, 6) is 0. The van der Waals surface area contributed by atoms with Crippen molar-refractivity contribution in [2.24, 2.45) is 0 Å². The molecule has 1 aromatic carbocycles. The Balaban J connectivity index is 2.61. The highest BCUT2D eigenvalue weighted by atomic mass is 35.5. The molecule has 0 saturated heterocycles. The van der Waals surface area contributed by atoms with Crippen LogP contribution in [0, 0.1) is 0 Å². The lowest BCUT2D eigenvalue weighted by molar-refractivity contribution is 0.151. The topological polar surface area (TPSA) is 26.0 Å². The van der Waals surface area contributed by atoms with Gasteiger partial charge >= 0.3 is 0 Å². The van der Waals surface area contributed by atoms with Gasteiger partial charge in [-0.25, -0.2) is 8.78 Å². The van der Waals surface area contributed by atoms with Crippen LogP contribution in [0.1, 0.15) is 12.0 Å². The number of nitrogens with zero attached hydrogens (tertiary/aromatic N) is 1. The van der Waals surface area contributed by atoms with Gasteiger partial charge in [0.25, 0.3) is 11.8 Å². The normalized spacial score (nSPS) is 11.4. The van der Waals surface area contributed by atoms with Crippen molar-refractivity contribution in [2.75, 3.05) is 0 Å². The Hall–Kier alpha value is -1.16. The summed E-state index contributed by atoms with van der Waals surface area (Å²) >= 11 is 5.45. The first-order valence-corrected chi connectivity index (χ1v) is 3.89. The molecule has 0 saturated carbocycles. The van der Waals surface area contributed by atoms with Crippen LogP contribution in [0.4, 0.5) is 8.78 Å². The quantitative estimate of drug-likeness (QED) is 0.710. The smallest absolute Gasteiger partial charge is 0.293 e. The van der Waals surface area contributed by atoms with Crippen LogP contribution in [-0.2, 0) is 0 Å². The van der Waals surface area contributed by atoms with Crippen molar-refractivity contribution in [3.63, 3.8) is 0 Å². The number of alkyl halides is 2. The van der Waals surface area contributed by atoms with E-state index in [1.807, 2.05) is 0 Å². The summed E-state index contributed by atoms with van der Waals surface area (Å²) < 4.78 is 29.3. The molecular formula is C8H4ClF2NO. The minimum Gasteiger partial charge on any atom is -0.428 e. The Labute approximate surface area is 77.1 Å². The van der Waals surface area contributed by atoms with Crippen molar-refractivity contribution < 1.29 is 13.2 Å². The average molecular weight is 204 g/mol.